The second-order valence-electron chi connectivity index (χ2n) is 2.54. The highest BCUT2D eigenvalue weighted by Crippen LogP contribution is 2.25. The molecule has 0 amide bonds. The number of aromatic carboxylic acids is 1. The van der Waals surface area contributed by atoms with Crippen molar-refractivity contribution in [1.82, 2.24) is 5.16 Å². The quantitative estimate of drug-likeness (QED) is 0.687. The first-order valence-corrected chi connectivity index (χ1v) is 3.49. The molecule has 66 valence electrons. The number of aromatic hydroxyl groups is 1. The van der Waals surface area contributed by atoms with E-state index in [1.807, 2.05) is 0 Å². The third kappa shape index (κ3) is 1.10. The molecule has 0 spiro atoms. The number of carboxylic acids is 1. The van der Waals surface area contributed by atoms with Gasteiger partial charge in [-0.15, -0.1) is 0 Å². The van der Waals surface area contributed by atoms with Gasteiger partial charge in [0.1, 0.15) is 5.75 Å². The molecule has 0 saturated carbocycles. The number of phenolic OH excluding ortho intramolecular Hbond substituents is 1. The van der Waals surface area contributed by atoms with E-state index in [-0.39, 0.29) is 16.9 Å². The molecule has 1 aromatic heterocycles. The molecule has 0 bridgehead atoms. The molecule has 0 fully saturated rings. The molecular formula is C8H5NO4. The summed E-state index contributed by atoms with van der Waals surface area (Å²) in [5.41, 5.74) is 0.235. The number of aromatic nitrogens is 1. The molecule has 0 unspecified atom stereocenters. The Morgan fingerprint density at radius 2 is 2.23 bits per heavy atom. The minimum atomic E-state index is -1.12. The summed E-state index contributed by atoms with van der Waals surface area (Å²) in [4.78, 5) is 10.5. The third-order valence-electron chi connectivity index (χ3n) is 1.70. The molecule has 1 aromatic carbocycles. The van der Waals surface area contributed by atoms with Gasteiger partial charge in [0.2, 0.25) is 0 Å². The van der Waals surface area contributed by atoms with Gasteiger partial charge in [-0.2, -0.15) is 0 Å². The lowest BCUT2D eigenvalue weighted by Gasteiger charge is -1.95. The standard InChI is InChI=1S/C8H5NO4/c10-6-1-4(8(11)12)2-7-5(6)3-9-13-7/h1-3,10H,(H,11,12). The molecule has 1 heterocycles. The Hall–Kier alpha value is -2.04. The lowest BCUT2D eigenvalue weighted by molar-refractivity contribution is 0.0696. The summed E-state index contributed by atoms with van der Waals surface area (Å²) in [5.74, 6) is -1.26. The SMILES string of the molecule is O=C(O)c1cc(O)c2cnoc2c1. The number of hydrogen-bond acceptors (Lipinski definition) is 4. The Bertz CT molecular complexity index is 474. The number of hydrogen-bond donors (Lipinski definition) is 2. The van der Waals surface area contributed by atoms with Crippen molar-refractivity contribution < 1.29 is 19.5 Å². The Balaban J connectivity index is 2.77. The maximum Gasteiger partial charge on any atom is 0.335 e. The van der Waals surface area contributed by atoms with Crippen LogP contribution in [0.5, 0.6) is 5.75 Å². The van der Waals surface area contributed by atoms with Gasteiger partial charge in [0.05, 0.1) is 17.1 Å². The van der Waals surface area contributed by atoms with Crippen LogP contribution in [0.2, 0.25) is 0 Å². The van der Waals surface area contributed by atoms with Crippen molar-refractivity contribution in [2.24, 2.45) is 0 Å². The fourth-order valence-corrected chi connectivity index (χ4v) is 1.08. The Morgan fingerprint density at radius 1 is 1.46 bits per heavy atom. The van der Waals surface area contributed by atoms with E-state index in [2.05, 4.69) is 5.16 Å². The minimum Gasteiger partial charge on any atom is -0.507 e. The normalized spacial score (nSPS) is 10.5. The Labute approximate surface area is 72.2 Å². The highest BCUT2D eigenvalue weighted by Gasteiger charge is 2.10. The molecule has 0 radical (unpaired) electrons. The van der Waals surface area contributed by atoms with E-state index < -0.39 is 5.97 Å². The molecular weight excluding hydrogens is 174 g/mol. The maximum atomic E-state index is 10.5. The Kier molecular flexibility index (Phi) is 1.45. The summed E-state index contributed by atoms with van der Waals surface area (Å²) in [6.07, 6.45) is 1.33. The van der Waals surface area contributed by atoms with Crippen LogP contribution in [0.25, 0.3) is 11.0 Å². The van der Waals surface area contributed by atoms with E-state index in [0.29, 0.717) is 5.39 Å². The van der Waals surface area contributed by atoms with Gasteiger partial charge in [0.15, 0.2) is 5.58 Å². The third-order valence-corrected chi connectivity index (χ3v) is 1.70. The molecule has 2 rings (SSSR count). The van der Waals surface area contributed by atoms with Gasteiger partial charge in [-0.05, 0) is 12.1 Å². The lowest BCUT2D eigenvalue weighted by Crippen LogP contribution is -1.94. The molecule has 5 heteroatoms. The molecule has 2 N–H and O–H groups in total. The molecule has 0 aliphatic rings. The molecule has 0 aliphatic heterocycles. The average Bonchev–Trinajstić information content (AvgIpc) is 2.51. The average molecular weight is 179 g/mol. The van der Waals surface area contributed by atoms with Crippen molar-refractivity contribution in [3.05, 3.63) is 23.9 Å². The fourth-order valence-electron chi connectivity index (χ4n) is 1.08. The van der Waals surface area contributed by atoms with E-state index in [1.54, 1.807) is 0 Å². The summed E-state index contributed by atoms with van der Waals surface area (Å²) in [6.45, 7) is 0. The van der Waals surface area contributed by atoms with Crippen LogP contribution in [0.15, 0.2) is 22.9 Å². The smallest absolute Gasteiger partial charge is 0.335 e. The highest BCUT2D eigenvalue weighted by atomic mass is 16.5. The van der Waals surface area contributed by atoms with Crippen LogP contribution in [0.4, 0.5) is 0 Å². The van der Waals surface area contributed by atoms with E-state index in [9.17, 15) is 9.90 Å². The van der Waals surface area contributed by atoms with Gasteiger partial charge in [0, 0.05) is 0 Å². The highest BCUT2D eigenvalue weighted by molar-refractivity contribution is 5.95. The van der Waals surface area contributed by atoms with Crippen molar-refractivity contribution in [1.29, 1.82) is 0 Å². The van der Waals surface area contributed by atoms with Crippen molar-refractivity contribution in [3.63, 3.8) is 0 Å². The van der Waals surface area contributed by atoms with E-state index >= 15 is 0 Å². The van der Waals surface area contributed by atoms with Gasteiger partial charge in [-0.3, -0.25) is 0 Å². The van der Waals surface area contributed by atoms with E-state index in [1.165, 1.54) is 12.3 Å². The topological polar surface area (TPSA) is 83.6 Å². The summed E-state index contributed by atoms with van der Waals surface area (Å²) in [5, 5.41) is 21.8. The number of phenols is 1. The summed E-state index contributed by atoms with van der Waals surface area (Å²) in [6, 6.07) is 2.46. The largest absolute Gasteiger partial charge is 0.507 e. The molecule has 0 atom stereocenters. The van der Waals surface area contributed by atoms with Gasteiger partial charge < -0.3 is 14.7 Å². The number of carboxylic acid groups (broad SMARTS) is 1. The van der Waals surface area contributed by atoms with Crippen LogP contribution in [0, 0.1) is 0 Å². The van der Waals surface area contributed by atoms with Gasteiger partial charge in [-0.25, -0.2) is 4.79 Å². The Morgan fingerprint density at radius 3 is 2.92 bits per heavy atom. The van der Waals surface area contributed by atoms with Crippen LogP contribution >= 0.6 is 0 Å². The zero-order valence-corrected chi connectivity index (χ0v) is 6.39. The van der Waals surface area contributed by atoms with Crippen LogP contribution in [0.1, 0.15) is 10.4 Å². The predicted molar refractivity (Wildman–Crippen MR) is 42.6 cm³/mol. The summed E-state index contributed by atoms with van der Waals surface area (Å²) < 4.78 is 4.72. The molecule has 0 saturated heterocycles. The number of carbonyl (C=O) groups is 1. The van der Waals surface area contributed by atoms with E-state index in [4.69, 9.17) is 9.63 Å². The van der Waals surface area contributed by atoms with E-state index in [0.717, 1.165) is 6.07 Å². The second kappa shape index (κ2) is 2.48. The van der Waals surface area contributed by atoms with Crippen LogP contribution in [-0.2, 0) is 0 Å². The monoisotopic (exact) mass is 179 g/mol. The molecule has 5 nitrogen and oxygen atoms in total. The van der Waals surface area contributed by atoms with Gasteiger partial charge in [0.25, 0.3) is 0 Å². The van der Waals surface area contributed by atoms with Crippen molar-refractivity contribution in [3.8, 4) is 5.75 Å². The van der Waals surface area contributed by atoms with Gasteiger partial charge >= 0.3 is 5.97 Å². The fraction of sp³-hybridized carbons (Fsp3) is 0. The first kappa shape index (κ1) is 7.60. The van der Waals surface area contributed by atoms with Crippen LogP contribution < -0.4 is 0 Å². The molecule has 13 heavy (non-hydrogen) atoms. The summed E-state index contributed by atoms with van der Waals surface area (Å²) >= 11 is 0. The summed E-state index contributed by atoms with van der Waals surface area (Å²) in [7, 11) is 0. The zero-order valence-electron chi connectivity index (χ0n) is 6.39. The zero-order chi connectivity index (χ0) is 9.42. The maximum absolute atomic E-state index is 10.5. The molecule has 2 aromatic rings. The second-order valence-corrected chi connectivity index (χ2v) is 2.54. The number of benzene rings is 1. The number of rotatable bonds is 1. The first-order valence-electron chi connectivity index (χ1n) is 3.49. The molecule has 0 aliphatic carbocycles. The lowest BCUT2D eigenvalue weighted by atomic mass is 10.1. The van der Waals surface area contributed by atoms with Crippen molar-refractivity contribution in [2.45, 2.75) is 0 Å². The number of nitrogens with zero attached hydrogens (tertiary/aromatic N) is 1. The van der Waals surface area contributed by atoms with Crippen molar-refractivity contribution >= 4 is 16.9 Å². The number of fused-ring (bicyclic) bond motifs is 1. The first-order chi connectivity index (χ1) is 6.18. The van der Waals surface area contributed by atoms with Gasteiger partial charge in [-0.1, -0.05) is 5.16 Å². The van der Waals surface area contributed by atoms with Crippen molar-refractivity contribution in [2.75, 3.05) is 0 Å². The van der Waals surface area contributed by atoms with Crippen LogP contribution in [0.3, 0.4) is 0 Å². The minimum absolute atomic E-state index is 0.0262. The predicted octanol–water partition coefficient (Wildman–Crippen LogP) is 1.23. The van der Waals surface area contributed by atoms with Crippen LogP contribution in [-0.4, -0.2) is 21.3 Å².